The number of nitrogens with two attached hydrogens (primary N) is 1. The van der Waals surface area contributed by atoms with Crippen LogP contribution in [0.1, 0.15) is 28.3 Å². The molecule has 0 aromatic heterocycles. The van der Waals surface area contributed by atoms with Gasteiger partial charge in [0.25, 0.3) is 5.91 Å². The number of hydrogen-bond donors (Lipinski definition) is 3. The van der Waals surface area contributed by atoms with Crippen molar-refractivity contribution >= 4 is 17.6 Å². The summed E-state index contributed by atoms with van der Waals surface area (Å²) in [6.07, 6.45) is 0.953. The van der Waals surface area contributed by atoms with Crippen molar-refractivity contribution < 1.29 is 9.59 Å². The number of carbonyl (C=O) groups excluding carboxylic acids is 2. The van der Waals surface area contributed by atoms with Crippen LogP contribution in [0.3, 0.4) is 0 Å². The number of carbonyl (C=O) groups is 2. The molecule has 22 heavy (non-hydrogen) atoms. The summed E-state index contributed by atoms with van der Waals surface area (Å²) in [4.78, 5) is 23.1. The fraction of sp³-hybridized carbons (Fsp3) is 0.176. The van der Waals surface area contributed by atoms with Crippen molar-refractivity contribution in [2.24, 2.45) is 5.73 Å². The van der Waals surface area contributed by atoms with E-state index in [0.29, 0.717) is 17.2 Å². The maximum atomic E-state index is 12.3. The van der Waals surface area contributed by atoms with Crippen molar-refractivity contribution in [1.29, 1.82) is 0 Å². The third-order valence-electron chi connectivity index (χ3n) is 3.73. The van der Waals surface area contributed by atoms with Crippen LogP contribution in [0, 0.1) is 0 Å². The number of hydrogen-bond acceptors (Lipinski definition) is 2. The van der Waals surface area contributed by atoms with Crippen LogP contribution in [0.5, 0.6) is 0 Å². The molecular weight excluding hydrogens is 278 g/mol. The third-order valence-corrected chi connectivity index (χ3v) is 3.73. The Labute approximate surface area is 128 Å². The molecule has 1 saturated carbocycles. The molecule has 1 aliphatic rings. The van der Waals surface area contributed by atoms with Crippen molar-refractivity contribution in [3.8, 4) is 0 Å². The second kappa shape index (κ2) is 5.89. The van der Waals surface area contributed by atoms with Crippen molar-refractivity contribution in [2.75, 3.05) is 5.32 Å². The lowest BCUT2D eigenvalue weighted by atomic mass is 10.1. The van der Waals surface area contributed by atoms with E-state index in [1.807, 2.05) is 18.2 Å². The van der Waals surface area contributed by atoms with Gasteiger partial charge < -0.3 is 16.4 Å². The third kappa shape index (κ3) is 3.25. The van der Waals surface area contributed by atoms with E-state index in [1.54, 1.807) is 24.3 Å². The van der Waals surface area contributed by atoms with Crippen molar-refractivity contribution in [1.82, 2.24) is 5.32 Å². The fourth-order valence-electron chi connectivity index (χ4n) is 2.56. The Bertz CT molecular complexity index is 700. The zero-order chi connectivity index (χ0) is 15.5. The van der Waals surface area contributed by atoms with E-state index in [2.05, 4.69) is 22.8 Å². The summed E-state index contributed by atoms with van der Waals surface area (Å²) in [5.74, 6) is 0.244. The molecular formula is C17H17N3O2. The first-order valence-corrected chi connectivity index (χ1v) is 7.16. The van der Waals surface area contributed by atoms with E-state index in [4.69, 9.17) is 5.73 Å². The van der Waals surface area contributed by atoms with Crippen LogP contribution in [0.4, 0.5) is 10.5 Å². The standard InChI is InChI=1S/C17H17N3O2/c18-17(22)19-13-8-4-7-12(9-13)16(21)20-15-10-14(15)11-5-2-1-3-6-11/h1-9,14-15H,10H2,(H,20,21)(H3,18,19,22). The molecule has 0 spiro atoms. The first-order chi connectivity index (χ1) is 10.6. The van der Waals surface area contributed by atoms with Gasteiger partial charge >= 0.3 is 6.03 Å². The second-order valence-corrected chi connectivity index (χ2v) is 5.40. The highest BCUT2D eigenvalue weighted by molar-refractivity contribution is 5.97. The number of primary amides is 1. The molecule has 2 atom stereocenters. The molecule has 1 aliphatic carbocycles. The minimum atomic E-state index is -0.649. The summed E-state index contributed by atoms with van der Waals surface area (Å²) in [6.45, 7) is 0. The summed E-state index contributed by atoms with van der Waals surface area (Å²) >= 11 is 0. The highest BCUT2D eigenvalue weighted by atomic mass is 16.2. The largest absolute Gasteiger partial charge is 0.351 e. The summed E-state index contributed by atoms with van der Waals surface area (Å²) in [5, 5.41) is 5.48. The Morgan fingerprint density at radius 3 is 2.55 bits per heavy atom. The molecule has 5 heteroatoms. The fourth-order valence-corrected chi connectivity index (χ4v) is 2.56. The van der Waals surface area contributed by atoms with Crippen LogP contribution in [-0.4, -0.2) is 18.0 Å². The zero-order valence-corrected chi connectivity index (χ0v) is 12.0. The van der Waals surface area contributed by atoms with Gasteiger partial charge in [-0.3, -0.25) is 4.79 Å². The average molecular weight is 295 g/mol. The minimum absolute atomic E-state index is 0.142. The topological polar surface area (TPSA) is 84.2 Å². The zero-order valence-electron chi connectivity index (χ0n) is 12.0. The summed E-state index contributed by atoms with van der Waals surface area (Å²) in [6, 6.07) is 16.4. The van der Waals surface area contributed by atoms with Gasteiger partial charge in [-0.1, -0.05) is 36.4 Å². The molecule has 2 aromatic carbocycles. The summed E-state index contributed by atoms with van der Waals surface area (Å²) in [7, 11) is 0. The van der Waals surface area contributed by atoms with Gasteiger partial charge in [-0.05, 0) is 30.2 Å². The highest BCUT2D eigenvalue weighted by Crippen LogP contribution is 2.40. The normalized spacial score (nSPS) is 19.3. The maximum Gasteiger partial charge on any atom is 0.316 e. The van der Waals surface area contributed by atoms with E-state index < -0.39 is 6.03 Å². The van der Waals surface area contributed by atoms with Crippen LogP contribution in [0.15, 0.2) is 54.6 Å². The van der Waals surface area contributed by atoms with Gasteiger partial charge in [0.05, 0.1) is 0 Å². The van der Waals surface area contributed by atoms with E-state index >= 15 is 0 Å². The predicted octanol–water partition coefficient (Wildman–Crippen LogP) is 2.46. The van der Waals surface area contributed by atoms with Crippen molar-refractivity contribution in [3.05, 3.63) is 65.7 Å². The van der Waals surface area contributed by atoms with Gasteiger partial charge in [0.2, 0.25) is 0 Å². The Morgan fingerprint density at radius 2 is 1.82 bits per heavy atom. The number of anilines is 1. The van der Waals surface area contributed by atoms with Gasteiger partial charge in [0, 0.05) is 23.2 Å². The Kier molecular flexibility index (Phi) is 3.78. The SMILES string of the molecule is NC(=O)Nc1cccc(C(=O)NC2CC2c2ccccc2)c1. The smallest absolute Gasteiger partial charge is 0.316 e. The number of amides is 3. The van der Waals surface area contributed by atoms with Gasteiger partial charge in [-0.25, -0.2) is 4.79 Å². The molecule has 0 saturated heterocycles. The molecule has 112 valence electrons. The average Bonchev–Trinajstić information content (AvgIpc) is 3.27. The van der Waals surface area contributed by atoms with E-state index in [9.17, 15) is 9.59 Å². The lowest BCUT2D eigenvalue weighted by molar-refractivity contribution is 0.0950. The van der Waals surface area contributed by atoms with Crippen LogP contribution in [-0.2, 0) is 0 Å². The van der Waals surface area contributed by atoms with Crippen molar-refractivity contribution in [3.63, 3.8) is 0 Å². The molecule has 4 N–H and O–H groups in total. The lowest BCUT2D eigenvalue weighted by Crippen LogP contribution is -2.27. The van der Waals surface area contributed by atoms with Crippen LogP contribution >= 0.6 is 0 Å². The van der Waals surface area contributed by atoms with E-state index in [0.717, 1.165) is 6.42 Å². The van der Waals surface area contributed by atoms with Crippen molar-refractivity contribution in [2.45, 2.75) is 18.4 Å². The molecule has 0 bridgehead atoms. The maximum absolute atomic E-state index is 12.3. The van der Waals surface area contributed by atoms with Gasteiger partial charge in [0.15, 0.2) is 0 Å². The highest BCUT2D eigenvalue weighted by Gasteiger charge is 2.39. The Morgan fingerprint density at radius 1 is 1.05 bits per heavy atom. The number of benzene rings is 2. The molecule has 3 rings (SSSR count). The van der Waals surface area contributed by atoms with Gasteiger partial charge in [-0.2, -0.15) is 0 Å². The molecule has 5 nitrogen and oxygen atoms in total. The quantitative estimate of drug-likeness (QED) is 0.809. The number of nitrogens with one attached hydrogen (secondary N) is 2. The van der Waals surface area contributed by atoms with E-state index in [1.165, 1.54) is 5.56 Å². The predicted molar refractivity (Wildman–Crippen MR) is 84.7 cm³/mol. The summed E-state index contributed by atoms with van der Waals surface area (Å²) < 4.78 is 0. The monoisotopic (exact) mass is 295 g/mol. The Balaban J connectivity index is 1.63. The minimum Gasteiger partial charge on any atom is -0.351 e. The number of rotatable bonds is 4. The molecule has 1 fully saturated rings. The van der Waals surface area contributed by atoms with Crippen LogP contribution in [0.2, 0.25) is 0 Å². The first-order valence-electron chi connectivity index (χ1n) is 7.16. The molecule has 0 aliphatic heterocycles. The lowest BCUT2D eigenvalue weighted by Gasteiger charge is -2.07. The first kappa shape index (κ1) is 14.1. The van der Waals surface area contributed by atoms with Gasteiger partial charge in [-0.15, -0.1) is 0 Å². The second-order valence-electron chi connectivity index (χ2n) is 5.40. The van der Waals surface area contributed by atoms with E-state index in [-0.39, 0.29) is 11.9 Å². The molecule has 2 aromatic rings. The Hall–Kier alpha value is -2.82. The molecule has 2 unspecified atom stereocenters. The van der Waals surface area contributed by atoms with Crippen LogP contribution in [0.25, 0.3) is 0 Å². The van der Waals surface area contributed by atoms with Gasteiger partial charge in [0.1, 0.15) is 0 Å². The molecule has 3 amide bonds. The number of urea groups is 1. The molecule has 0 radical (unpaired) electrons. The summed E-state index contributed by atoms with van der Waals surface area (Å²) in [5.41, 5.74) is 7.33. The molecule has 0 heterocycles. The van der Waals surface area contributed by atoms with Crippen LogP contribution < -0.4 is 16.4 Å².